The first-order chi connectivity index (χ1) is 6.44. The molecule has 6 heteroatoms. The van der Waals surface area contributed by atoms with Crippen molar-refractivity contribution in [3.8, 4) is 11.8 Å². The molecule has 3 nitrogen and oxygen atoms in total. The summed E-state index contributed by atoms with van der Waals surface area (Å²) in [5, 5.41) is 8.51. The molecule has 0 aliphatic carbocycles. The third kappa shape index (κ3) is 2.36. The van der Waals surface area contributed by atoms with E-state index in [0.717, 1.165) is 6.07 Å². The number of nitriles is 1. The van der Waals surface area contributed by atoms with Gasteiger partial charge in [0.25, 0.3) is 0 Å². The second kappa shape index (κ2) is 3.54. The summed E-state index contributed by atoms with van der Waals surface area (Å²) in [6.45, 7) is 1.34. The van der Waals surface area contributed by atoms with Crippen LogP contribution in [-0.2, 0) is 0 Å². The summed E-state index contributed by atoms with van der Waals surface area (Å²) >= 11 is 0. The summed E-state index contributed by atoms with van der Waals surface area (Å²) in [5.74, 6) is -0.539. The molecule has 14 heavy (non-hydrogen) atoms. The molecule has 1 heterocycles. The fourth-order valence-corrected chi connectivity index (χ4v) is 0.885. The largest absolute Gasteiger partial charge is 0.573 e. The van der Waals surface area contributed by atoms with Gasteiger partial charge in [-0.2, -0.15) is 5.26 Å². The van der Waals surface area contributed by atoms with E-state index in [1.807, 2.05) is 0 Å². The summed E-state index contributed by atoms with van der Waals surface area (Å²) in [7, 11) is 0. The summed E-state index contributed by atoms with van der Waals surface area (Å²) < 4.78 is 39.3. The van der Waals surface area contributed by atoms with E-state index in [1.54, 1.807) is 6.07 Å². The normalized spacial score (nSPS) is 10.8. The van der Waals surface area contributed by atoms with Gasteiger partial charge in [0.05, 0.1) is 11.3 Å². The Balaban J connectivity index is 3.13. The number of pyridine rings is 1. The third-order valence-electron chi connectivity index (χ3n) is 1.42. The monoisotopic (exact) mass is 202 g/mol. The van der Waals surface area contributed by atoms with Gasteiger partial charge in [-0.05, 0) is 13.0 Å². The van der Waals surface area contributed by atoms with Crippen LogP contribution >= 0.6 is 0 Å². The first-order valence-corrected chi connectivity index (χ1v) is 3.55. The van der Waals surface area contributed by atoms with Crippen molar-refractivity contribution < 1.29 is 17.9 Å². The zero-order valence-corrected chi connectivity index (χ0v) is 7.09. The highest BCUT2D eigenvalue weighted by Crippen LogP contribution is 2.27. The maximum absolute atomic E-state index is 11.9. The SMILES string of the molecule is Cc1nccc(C#N)c1OC(F)(F)F. The zero-order chi connectivity index (χ0) is 10.8. The van der Waals surface area contributed by atoms with Crippen LogP contribution in [0.2, 0.25) is 0 Å². The van der Waals surface area contributed by atoms with Crippen LogP contribution in [0.5, 0.6) is 5.75 Å². The smallest absolute Gasteiger partial charge is 0.402 e. The van der Waals surface area contributed by atoms with E-state index >= 15 is 0 Å². The molecular formula is C8H5F3N2O. The molecule has 0 bridgehead atoms. The van der Waals surface area contributed by atoms with Crippen molar-refractivity contribution in [2.24, 2.45) is 0 Å². The van der Waals surface area contributed by atoms with Crippen molar-refractivity contribution in [3.05, 3.63) is 23.5 Å². The van der Waals surface area contributed by atoms with Gasteiger partial charge in [-0.25, -0.2) is 0 Å². The highest BCUT2D eigenvalue weighted by Gasteiger charge is 2.33. The molecule has 0 unspecified atom stereocenters. The lowest BCUT2D eigenvalue weighted by molar-refractivity contribution is -0.275. The molecule has 0 fully saturated rings. The molecule has 1 rings (SSSR count). The highest BCUT2D eigenvalue weighted by molar-refractivity contribution is 5.44. The summed E-state index contributed by atoms with van der Waals surface area (Å²) in [5.41, 5.74) is -0.156. The number of halogens is 3. The number of alkyl halides is 3. The minimum atomic E-state index is -4.81. The van der Waals surface area contributed by atoms with Gasteiger partial charge in [0, 0.05) is 6.20 Å². The lowest BCUT2D eigenvalue weighted by Crippen LogP contribution is -2.18. The Bertz CT molecular complexity index is 381. The first kappa shape index (κ1) is 10.3. The second-order valence-corrected chi connectivity index (χ2v) is 2.43. The highest BCUT2D eigenvalue weighted by atomic mass is 19.4. The van der Waals surface area contributed by atoms with Crippen molar-refractivity contribution in [2.45, 2.75) is 13.3 Å². The van der Waals surface area contributed by atoms with Gasteiger partial charge in [-0.1, -0.05) is 0 Å². The molecule has 0 atom stereocenters. The Morgan fingerprint density at radius 1 is 1.50 bits per heavy atom. The number of ether oxygens (including phenoxy) is 1. The van der Waals surface area contributed by atoms with E-state index in [-0.39, 0.29) is 11.3 Å². The van der Waals surface area contributed by atoms with Crippen LogP contribution in [0.4, 0.5) is 13.2 Å². The van der Waals surface area contributed by atoms with Crippen LogP contribution < -0.4 is 4.74 Å². The van der Waals surface area contributed by atoms with Gasteiger partial charge >= 0.3 is 6.36 Å². The summed E-state index contributed by atoms with van der Waals surface area (Å²) in [4.78, 5) is 3.60. The molecule has 74 valence electrons. The minimum Gasteiger partial charge on any atom is -0.402 e. The molecular weight excluding hydrogens is 197 g/mol. The molecule has 0 radical (unpaired) electrons. The molecule has 0 aliphatic rings. The predicted molar refractivity (Wildman–Crippen MR) is 40.4 cm³/mol. The minimum absolute atomic E-state index is 0.0291. The Morgan fingerprint density at radius 3 is 2.64 bits per heavy atom. The van der Waals surface area contributed by atoms with E-state index in [1.165, 1.54) is 13.1 Å². The number of hydrogen-bond acceptors (Lipinski definition) is 3. The van der Waals surface area contributed by atoms with Crippen LogP contribution in [-0.4, -0.2) is 11.3 Å². The standard InChI is InChI=1S/C8H5F3N2O/c1-5-7(14-8(9,10)11)6(4-12)2-3-13-5/h2-3H,1H3. The zero-order valence-electron chi connectivity index (χ0n) is 7.09. The van der Waals surface area contributed by atoms with E-state index in [2.05, 4.69) is 9.72 Å². The van der Waals surface area contributed by atoms with Gasteiger partial charge < -0.3 is 4.74 Å². The summed E-state index contributed by atoms with van der Waals surface area (Å²) in [6, 6.07) is 2.75. The number of aryl methyl sites for hydroxylation is 1. The fourth-order valence-electron chi connectivity index (χ4n) is 0.885. The lowest BCUT2D eigenvalue weighted by Gasteiger charge is -2.11. The van der Waals surface area contributed by atoms with Gasteiger partial charge in [0.1, 0.15) is 6.07 Å². The van der Waals surface area contributed by atoms with E-state index in [9.17, 15) is 13.2 Å². The Hall–Kier alpha value is -1.77. The fraction of sp³-hybridized carbons (Fsp3) is 0.250. The predicted octanol–water partition coefficient (Wildman–Crippen LogP) is 2.16. The molecule has 0 aliphatic heterocycles. The Kier molecular flexibility index (Phi) is 2.60. The first-order valence-electron chi connectivity index (χ1n) is 3.55. The average Bonchev–Trinajstić information content (AvgIpc) is 2.06. The van der Waals surface area contributed by atoms with Crippen molar-refractivity contribution in [2.75, 3.05) is 0 Å². The van der Waals surface area contributed by atoms with E-state index in [0.29, 0.717) is 0 Å². The van der Waals surface area contributed by atoms with Crippen LogP contribution in [0.1, 0.15) is 11.3 Å². The average molecular weight is 202 g/mol. The lowest BCUT2D eigenvalue weighted by atomic mass is 10.2. The number of hydrogen-bond donors (Lipinski definition) is 0. The maximum atomic E-state index is 11.9. The molecule has 0 saturated heterocycles. The van der Waals surface area contributed by atoms with Gasteiger partial charge in [0.15, 0.2) is 5.75 Å². The van der Waals surface area contributed by atoms with Crippen LogP contribution in [0, 0.1) is 18.3 Å². The summed E-state index contributed by atoms with van der Waals surface area (Å²) in [6.07, 6.45) is -3.56. The maximum Gasteiger partial charge on any atom is 0.573 e. The molecule has 0 spiro atoms. The molecule has 0 saturated carbocycles. The van der Waals surface area contributed by atoms with Crippen molar-refractivity contribution >= 4 is 0 Å². The van der Waals surface area contributed by atoms with Crippen LogP contribution in [0.25, 0.3) is 0 Å². The molecule has 0 N–H and O–H groups in total. The van der Waals surface area contributed by atoms with Crippen molar-refractivity contribution in [3.63, 3.8) is 0 Å². The van der Waals surface area contributed by atoms with Crippen molar-refractivity contribution in [1.82, 2.24) is 4.98 Å². The molecule has 1 aromatic rings. The molecule has 0 amide bonds. The molecule has 1 aromatic heterocycles. The van der Waals surface area contributed by atoms with Crippen LogP contribution in [0.3, 0.4) is 0 Å². The van der Waals surface area contributed by atoms with Gasteiger partial charge in [-0.15, -0.1) is 13.2 Å². The van der Waals surface area contributed by atoms with Gasteiger partial charge in [-0.3, -0.25) is 4.98 Å². The van der Waals surface area contributed by atoms with E-state index in [4.69, 9.17) is 5.26 Å². The van der Waals surface area contributed by atoms with Gasteiger partial charge in [0.2, 0.25) is 0 Å². The Morgan fingerprint density at radius 2 is 2.14 bits per heavy atom. The van der Waals surface area contributed by atoms with E-state index < -0.39 is 12.1 Å². The second-order valence-electron chi connectivity index (χ2n) is 2.43. The molecule has 0 aromatic carbocycles. The topological polar surface area (TPSA) is 45.9 Å². The number of nitrogens with zero attached hydrogens (tertiary/aromatic N) is 2. The number of aromatic nitrogens is 1. The third-order valence-corrected chi connectivity index (χ3v) is 1.42. The van der Waals surface area contributed by atoms with Crippen molar-refractivity contribution in [1.29, 1.82) is 5.26 Å². The Labute approximate surface area is 77.7 Å². The quantitative estimate of drug-likeness (QED) is 0.700. The van der Waals surface area contributed by atoms with Crippen LogP contribution in [0.15, 0.2) is 12.3 Å². The number of rotatable bonds is 1.